The van der Waals surface area contributed by atoms with Gasteiger partial charge in [0.1, 0.15) is 19.3 Å². The molecule has 0 spiro atoms. The quantitative estimate of drug-likeness (QED) is 0.788. The summed E-state index contributed by atoms with van der Waals surface area (Å²) in [5.41, 5.74) is 0.859. The molecule has 0 unspecified atom stereocenters. The summed E-state index contributed by atoms with van der Waals surface area (Å²) >= 11 is 0. The van der Waals surface area contributed by atoms with Crippen LogP contribution in [-0.4, -0.2) is 49.2 Å². The number of piperidine rings is 1. The van der Waals surface area contributed by atoms with Crippen LogP contribution in [0.3, 0.4) is 0 Å². The van der Waals surface area contributed by atoms with E-state index in [1.165, 1.54) is 0 Å². The maximum atomic E-state index is 12.7. The fraction of sp³-hybridized carbons (Fsp3) is 0.556. The minimum absolute atomic E-state index is 0.0515. The predicted molar refractivity (Wildman–Crippen MR) is 87.1 cm³/mol. The van der Waals surface area contributed by atoms with E-state index in [-0.39, 0.29) is 18.3 Å². The Morgan fingerprint density at radius 1 is 1.21 bits per heavy atom. The Kier molecular flexibility index (Phi) is 5.23. The highest BCUT2D eigenvalue weighted by molar-refractivity contribution is 5.86. The molecule has 2 heterocycles. The van der Waals surface area contributed by atoms with E-state index in [1.807, 2.05) is 18.2 Å². The molecule has 2 aliphatic heterocycles. The molecule has 1 amide bonds. The Labute approximate surface area is 141 Å². The molecule has 6 heteroatoms. The zero-order valence-corrected chi connectivity index (χ0v) is 14.0. The van der Waals surface area contributed by atoms with Crippen LogP contribution in [0.15, 0.2) is 18.2 Å². The molecule has 1 aromatic carbocycles. The molecule has 1 atom stereocenters. The van der Waals surface area contributed by atoms with E-state index in [9.17, 15) is 9.59 Å². The van der Waals surface area contributed by atoms with Crippen molar-refractivity contribution in [3.05, 3.63) is 23.8 Å². The highest BCUT2D eigenvalue weighted by Crippen LogP contribution is 2.31. The Bertz CT molecular complexity index is 615. The fourth-order valence-corrected chi connectivity index (χ4v) is 3.19. The molecule has 2 aliphatic rings. The van der Waals surface area contributed by atoms with Crippen molar-refractivity contribution in [2.45, 2.75) is 38.6 Å². The van der Waals surface area contributed by atoms with E-state index in [0.717, 1.165) is 18.4 Å². The molecule has 1 saturated heterocycles. The number of hydrogen-bond acceptors (Lipinski definition) is 5. The van der Waals surface area contributed by atoms with Gasteiger partial charge in [-0.05, 0) is 43.9 Å². The fourth-order valence-electron chi connectivity index (χ4n) is 3.19. The van der Waals surface area contributed by atoms with Gasteiger partial charge in [0, 0.05) is 6.54 Å². The van der Waals surface area contributed by atoms with Crippen LogP contribution in [0.1, 0.15) is 31.7 Å². The number of likely N-dealkylation sites (tertiary alicyclic amines) is 1. The number of carbonyl (C=O) groups excluding carboxylic acids is 2. The highest BCUT2D eigenvalue weighted by Gasteiger charge is 2.33. The summed E-state index contributed by atoms with van der Waals surface area (Å²) in [6, 6.07) is 5.09. The third kappa shape index (κ3) is 3.63. The highest BCUT2D eigenvalue weighted by atomic mass is 16.6. The van der Waals surface area contributed by atoms with Crippen LogP contribution >= 0.6 is 0 Å². The lowest BCUT2D eigenvalue weighted by Crippen LogP contribution is -2.49. The van der Waals surface area contributed by atoms with Gasteiger partial charge in [0.2, 0.25) is 5.91 Å². The lowest BCUT2D eigenvalue weighted by Gasteiger charge is -2.34. The van der Waals surface area contributed by atoms with Crippen molar-refractivity contribution in [1.82, 2.24) is 4.90 Å². The van der Waals surface area contributed by atoms with Crippen LogP contribution in [-0.2, 0) is 20.7 Å². The van der Waals surface area contributed by atoms with Crippen LogP contribution < -0.4 is 9.47 Å². The number of ether oxygens (including phenoxy) is 3. The predicted octanol–water partition coefficient (Wildman–Crippen LogP) is 1.94. The zero-order chi connectivity index (χ0) is 16.9. The van der Waals surface area contributed by atoms with Crippen LogP contribution in [0.4, 0.5) is 0 Å². The van der Waals surface area contributed by atoms with Gasteiger partial charge in [-0.1, -0.05) is 6.07 Å². The van der Waals surface area contributed by atoms with Gasteiger partial charge in [-0.15, -0.1) is 0 Å². The third-order valence-corrected chi connectivity index (χ3v) is 4.34. The molecule has 0 saturated carbocycles. The minimum Gasteiger partial charge on any atom is -0.486 e. The Morgan fingerprint density at radius 2 is 2.00 bits per heavy atom. The van der Waals surface area contributed by atoms with E-state index in [1.54, 1.807) is 11.8 Å². The van der Waals surface area contributed by atoms with Crippen LogP contribution in [0.25, 0.3) is 0 Å². The lowest BCUT2D eigenvalue weighted by atomic mass is 10.0. The number of hydrogen-bond donors (Lipinski definition) is 0. The zero-order valence-electron chi connectivity index (χ0n) is 14.0. The molecule has 0 aromatic heterocycles. The number of fused-ring (bicyclic) bond motifs is 1. The van der Waals surface area contributed by atoms with Crippen molar-refractivity contribution in [2.24, 2.45) is 0 Å². The van der Waals surface area contributed by atoms with Gasteiger partial charge < -0.3 is 19.1 Å². The standard InChI is InChI=1S/C18H23NO5/c1-2-22-18(21)14-5-3-4-8-19(14)17(20)12-13-6-7-15-16(11-13)24-10-9-23-15/h6-7,11,14H,2-5,8-10,12H2,1H3/t14-/m1/s1. The Hall–Kier alpha value is -2.24. The van der Waals surface area contributed by atoms with E-state index < -0.39 is 6.04 Å². The van der Waals surface area contributed by atoms with E-state index >= 15 is 0 Å². The average molecular weight is 333 g/mol. The van der Waals surface area contributed by atoms with E-state index in [0.29, 0.717) is 44.3 Å². The summed E-state index contributed by atoms with van der Waals surface area (Å²) in [6.07, 6.45) is 2.78. The van der Waals surface area contributed by atoms with E-state index in [4.69, 9.17) is 14.2 Å². The number of rotatable bonds is 4. The molecule has 0 aliphatic carbocycles. The Balaban J connectivity index is 1.69. The minimum atomic E-state index is -0.455. The summed E-state index contributed by atoms with van der Waals surface area (Å²) in [6.45, 7) is 3.77. The molecule has 0 bridgehead atoms. The van der Waals surface area contributed by atoms with Crippen LogP contribution in [0.5, 0.6) is 11.5 Å². The van der Waals surface area contributed by atoms with Crippen molar-refractivity contribution in [1.29, 1.82) is 0 Å². The topological polar surface area (TPSA) is 65.1 Å². The summed E-state index contributed by atoms with van der Waals surface area (Å²) in [5.74, 6) is 1.03. The average Bonchev–Trinajstić information content (AvgIpc) is 2.62. The number of carbonyl (C=O) groups is 2. The monoisotopic (exact) mass is 333 g/mol. The first-order valence-corrected chi connectivity index (χ1v) is 8.53. The van der Waals surface area contributed by atoms with Crippen molar-refractivity contribution >= 4 is 11.9 Å². The molecule has 130 valence electrons. The lowest BCUT2D eigenvalue weighted by molar-refractivity contribution is -0.156. The molecular weight excluding hydrogens is 310 g/mol. The van der Waals surface area contributed by atoms with Crippen molar-refractivity contribution in [3.8, 4) is 11.5 Å². The number of amides is 1. The first-order valence-electron chi connectivity index (χ1n) is 8.53. The smallest absolute Gasteiger partial charge is 0.328 e. The van der Waals surface area contributed by atoms with Gasteiger partial charge in [0.15, 0.2) is 11.5 Å². The van der Waals surface area contributed by atoms with Crippen LogP contribution in [0.2, 0.25) is 0 Å². The Morgan fingerprint density at radius 3 is 2.79 bits per heavy atom. The summed E-state index contributed by atoms with van der Waals surface area (Å²) in [4.78, 5) is 26.5. The summed E-state index contributed by atoms with van der Waals surface area (Å²) < 4.78 is 16.2. The molecule has 6 nitrogen and oxygen atoms in total. The maximum Gasteiger partial charge on any atom is 0.328 e. The third-order valence-electron chi connectivity index (χ3n) is 4.34. The van der Waals surface area contributed by atoms with Gasteiger partial charge in [0.05, 0.1) is 13.0 Å². The van der Waals surface area contributed by atoms with Gasteiger partial charge in [-0.3, -0.25) is 4.79 Å². The van der Waals surface area contributed by atoms with Gasteiger partial charge in [-0.25, -0.2) is 4.79 Å². The molecule has 0 radical (unpaired) electrons. The molecule has 1 aromatic rings. The van der Waals surface area contributed by atoms with Crippen molar-refractivity contribution < 1.29 is 23.8 Å². The molecule has 1 fully saturated rings. The summed E-state index contributed by atoms with van der Waals surface area (Å²) in [5, 5.41) is 0. The number of benzene rings is 1. The first-order chi connectivity index (χ1) is 11.7. The number of nitrogens with zero attached hydrogens (tertiary/aromatic N) is 1. The van der Waals surface area contributed by atoms with Gasteiger partial charge >= 0.3 is 5.97 Å². The first kappa shape index (κ1) is 16.6. The normalized spacial score (nSPS) is 19.7. The number of esters is 1. The SMILES string of the molecule is CCOC(=O)[C@H]1CCCCN1C(=O)Cc1ccc2c(c1)OCCO2. The molecule has 24 heavy (non-hydrogen) atoms. The molecule has 0 N–H and O–H groups in total. The second kappa shape index (κ2) is 7.55. The van der Waals surface area contributed by atoms with Gasteiger partial charge in [-0.2, -0.15) is 0 Å². The van der Waals surface area contributed by atoms with E-state index in [2.05, 4.69) is 0 Å². The van der Waals surface area contributed by atoms with Gasteiger partial charge in [0.25, 0.3) is 0 Å². The molecule has 3 rings (SSSR count). The van der Waals surface area contributed by atoms with Crippen molar-refractivity contribution in [2.75, 3.05) is 26.4 Å². The van der Waals surface area contributed by atoms with Crippen LogP contribution in [0, 0.1) is 0 Å². The van der Waals surface area contributed by atoms with Crippen molar-refractivity contribution in [3.63, 3.8) is 0 Å². The second-order valence-corrected chi connectivity index (χ2v) is 6.01. The second-order valence-electron chi connectivity index (χ2n) is 6.01. The maximum absolute atomic E-state index is 12.7. The largest absolute Gasteiger partial charge is 0.486 e. The molecular formula is C18H23NO5. The summed E-state index contributed by atoms with van der Waals surface area (Å²) in [7, 11) is 0.